The number of aliphatic hydroxyl groups is 1. The molecule has 3 aliphatic rings. The minimum atomic E-state index is -0.930. The third-order valence-electron chi connectivity index (χ3n) is 7.33. The van der Waals surface area contributed by atoms with Crippen molar-refractivity contribution in [3.05, 3.63) is 71.5 Å². The van der Waals surface area contributed by atoms with Gasteiger partial charge in [0.25, 0.3) is 5.91 Å². The molecule has 2 N–H and O–H groups in total. The molecule has 1 aromatic heterocycles. The van der Waals surface area contributed by atoms with Gasteiger partial charge in [-0.25, -0.2) is 9.97 Å². The van der Waals surface area contributed by atoms with E-state index in [1.807, 2.05) is 29.2 Å². The van der Waals surface area contributed by atoms with Gasteiger partial charge in [0.15, 0.2) is 12.0 Å². The van der Waals surface area contributed by atoms with Crippen molar-refractivity contribution in [3.63, 3.8) is 0 Å². The lowest BCUT2D eigenvalue weighted by Crippen LogP contribution is -2.49. The van der Waals surface area contributed by atoms with Crippen LogP contribution in [0.15, 0.2) is 64.8 Å². The number of rotatable bonds is 6. The largest absolute Gasteiger partial charge is 0.369 e. The van der Waals surface area contributed by atoms with Crippen molar-refractivity contribution in [1.82, 2.24) is 20.2 Å². The fourth-order valence-electron chi connectivity index (χ4n) is 5.63. The summed E-state index contributed by atoms with van der Waals surface area (Å²) in [5.41, 5.74) is 3.42. The number of anilines is 2. The van der Waals surface area contributed by atoms with Crippen LogP contribution in [0.1, 0.15) is 40.6 Å². The van der Waals surface area contributed by atoms with Crippen molar-refractivity contribution in [2.24, 2.45) is 5.92 Å². The normalized spacial score (nSPS) is 21.7. The summed E-state index contributed by atoms with van der Waals surface area (Å²) in [5, 5.41) is 15.6. The number of amides is 1. The smallest absolute Gasteiger partial charge is 0.256 e. The summed E-state index contributed by atoms with van der Waals surface area (Å²) in [5.74, 6) is 0.939. The number of carbonyl (C=O) groups is 1. The van der Waals surface area contributed by atoms with Crippen molar-refractivity contribution in [2.75, 3.05) is 31.8 Å². The number of aromatic nitrogens is 2. The van der Waals surface area contributed by atoms with E-state index in [9.17, 15) is 9.90 Å². The average Bonchev–Trinajstić information content (AvgIpc) is 3.17. The van der Waals surface area contributed by atoms with Crippen LogP contribution in [0.25, 0.3) is 0 Å². The van der Waals surface area contributed by atoms with E-state index in [0.29, 0.717) is 24.3 Å². The Hall–Kier alpha value is -2.98. The van der Waals surface area contributed by atoms with E-state index < -0.39 is 6.23 Å². The van der Waals surface area contributed by atoms with E-state index in [4.69, 9.17) is 4.74 Å². The second kappa shape index (κ2) is 9.82. The summed E-state index contributed by atoms with van der Waals surface area (Å²) < 4.78 is 5.51. The average molecular weight is 504 g/mol. The van der Waals surface area contributed by atoms with Crippen LogP contribution >= 0.6 is 11.8 Å². The van der Waals surface area contributed by atoms with Crippen molar-refractivity contribution >= 4 is 29.2 Å². The number of piperidine rings is 1. The highest BCUT2D eigenvalue weighted by Gasteiger charge is 2.42. The maximum absolute atomic E-state index is 13.5. The monoisotopic (exact) mass is 503 g/mol. The van der Waals surface area contributed by atoms with Crippen molar-refractivity contribution in [2.45, 2.75) is 41.5 Å². The predicted octanol–water partition coefficient (Wildman–Crippen LogP) is 3.74. The Labute approximate surface area is 214 Å². The second-order valence-corrected chi connectivity index (χ2v) is 10.5. The maximum atomic E-state index is 13.5. The van der Waals surface area contributed by atoms with Gasteiger partial charge in [-0.1, -0.05) is 36.0 Å². The van der Waals surface area contributed by atoms with Crippen LogP contribution in [-0.2, 0) is 11.2 Å². The molecule has 0 spiro atoms. The van der Waals surface area contributed by atoms with Gasteiger partial charge in [0.1, 0.15) is 11.8 Å². The molecule has 3 aliphatic heterocycles. The van der Waals surface area contributed by atoms with Crippen LogP contribution in [0.3, 0.4) is 0 Å². The summed E-state index contributed by atoms with van der Waals surface area (Å²) in [6.45, 7) is 2.18. The Morgan fingerprint density at radius 3 is 2.89 bits per heavy atom. The molecular formula is C27H29N5O3S. The molecule has 6 rings (SSSR count). The molecule has 36 heavy (non-hydrogen) atoms. The molecule has 1 amide bonds. The fraction of sp³-hybridized carbons (Fsp3) is 0.370. The van der Waals surface area contributed by atoms with Crippen molar-refractivity contribution in [3.8, 4) is 0 Å². The third kappa shape index (κ3) is 4.06. The van der Waals surface area contributed by atoms with Gasteiger partial charge in [-0.05, 0) is 62.0 Å². The quantitative estimate of drug-likeness (QED) is 0.526. The molecule has 186 valence electrons. The fourth-order valence-corrected chi connectivity index (χ4v) is 6.62. The highest BCUT2D eigenvalue weighted by molar-refractivity contribution is 7.99. The molecule has 1 saturated heterocycles. The van der Waals surface area contributed by atoms with E-state index in [1.54, 1.807) is 36.2 Å². The minimum Gasteiger partial charge on any atom is -0.369 e. The molecule has 2 aromatic carbocycles. The number of hydrogen-bond donors (Lipinski definition) is 2. The Bertz CT molecular complexity index is 1280. The van der Waals surface area contributed by atoms with Gasteiger partial charge in [-0.15, -0.1) is 0 Å². The van der Waals surface area contributed by atoms with Crippen LogP contribution in [0, 0.1) is 5.92 Å². The van der Waals surface area contributed by atoms with Gasteiger partial charge >= 0.3 is 0 Å². The minimum absolute atomic E-state index is 0.0904. The van der Waals surface area contributed by atoms with Crippen LogP contribution in [-0.4, -0.2) is 58.9 Å². The number of nitrogens with one attached hydrogen (secondary N) is 1. The number of nitrogens with zero attached hydrogens (tertiary/aromatic N) is 4. The Morgan fingerprint density at radius 1 is 1.22 bits per heavy atom. The SMILES string of the molecule is COCN1c2cc(CC(C3CCCNC3)N3C(=O)c4ccccc4C3O)ccc2Sc2nccnc21. The molecule has 0 saturated carbocycles. The lowest BCUT2D eigenvalue weighted by Gasteiger charge is -2.39. The van der Waals surface area contributed by atoms with Crippen LogP contribution in [0.5, 0.6) is 0 Å². The number of ether oxygens (including phenoxy) is 1. The van der Waals surface area contributed by atoms with Gasteiger partial charge < -0.3 is 20.1 Å². The van der Waals surface area contributed by atoms with Crippen molar-refractivity contribution in [1.29, 1.82) is 0 Å². The van der Waals surface area contributed by atoms with E-state index >= 15 is 0 Å². The van der Waals surface area contributed by atoms with Crippen molar-refractivity contribution < 1.29 is 14.6 Å². The Kier molecular flexibility index (Phi) is 6.39. The molecule has 0 radical (unpaired) electrons. The molecule has 0 aliphatic carbocycles. The second-order valence-electron chi connectivity index (χ2n) is 9.49. The summed E-state index contributed by atoms with van der Waals surface area (Å²) >= 11 is 1.60. The van der Waals surface area contributed by atoms with Crippen LogP contribution in [0.2, 0.25) is 0 Å². The lowest BCUT2D eigenvalue weighted by molar-refractivity contribution is -0.0188. The summed E-state index contributed by atoms with van der Waals surface area (Å²) in [6, 6.07) is 13.7. The zero-order valence-corrected chi connectivity index (χ0v) is 20.9. The van der Waals surface area contributed by atoms with Gasteiger partial charge in [-0.3, -0.25) is 9.69 Å². The zero-order chi connectivity index (χ0) is 24.6. The summed E-state index contributed by atoms with van der Waals surface area (Å²) in [6.07, 6.45) is 5.20. The van der Waals surface area contributed by atoms with E-state index in [0.717, 1.165) is 52.9 Å². The van der Waals surface area contributed by atoms with Gasteiger partial charge in [0.05, 0.1) is 5.69 Å². The van der Waals surface area contributed by atoms with Gasteiger partial charge in [-0.2, -0.15) is 0 Å². The maximum Gasteiger partial charge on any atom is 0.256 e. The zero-order valence-electron chi connectivity index (χ0n) is 20.1. The van der Waals surface area contributed by atoms with E-state index in [1.165, 1.54) is 0 Å². The first-order valence-electron chi connectivity index (χ1n) is 12.3. The number of carbonyl (C=O) groups excluding carboxylic acids is 1. The number of methoxy groups -OCH3 is 1. The highest BCUT2D eigenvalue weighted by Crippen LogP contribution is 2.46. The molecule has 1 fully saturated rings. The van der Waals surface area contributed by atoms with Gasteiger partial charge in [0, 0.05) is 41.6 Å². The predicted molar refractivity (Wildman–Crippen MR) is 137 cm³/mol. The molecule has 8 nitrogen and oxygen atoms in total. The number of fused-ring (bicyclic) bond motifs is 3. The first-order chi connectivity index (χ1) is 17.7. The number of benzene rings is 2. The molecule has 3 unspecified atom stereocenters. The Balaban J connectivity index is 1.35. The highest BCUT2D eigenvalue weighted by atomic mass is 32.2. The molecule has 0 bridgehead atoms. The van der Waals surface area contributed by atoms with E-state index in [2.05, 4.69) is 33.5 Å². The first-order valence-corrected chi connectivity index (χ1v) is 13.2. The number of aliphatic hydroxyl groups excluding tert-OH is 1. The Morgan fingerprint density at radius 2 is 2.08 bits per heavy atom. The standard InChI is InChI=1S/C27H29N5O3S/c1-35-16-31-22-14-17(8-9-23(22)36-25-24(31)29-11-12-30-25)13-21(18-5-4-10-28-15-18)32-26(33)19-6-2-3-7-20(19)27(32)34/h2-3,6-9,11-12,14,18,21,26,28,33H,4-5,10,13,15-16H2,1H3. The summed E-state index contributed by atoms with van der Waals surface area (Å²) in [7, 11) is 1.67. The van der Waals surface area contributed by atoms with Crippen LogP contribution < -0.4 is 10.2 Å². The van der Waals surface area contributed by atoms with Crippen LogP contribution in [0.4, 0.5) is 11.5 Å². The topological polar surface area (TPSA) is 90.8 Å². The molecule has 3 atom stereocenters. The lowest BCUT2D eigenvalue weighted by atomic mass is 9.86. The molecule has 3 aromatic rings. The van der Waals surface area contributed by atoms with Gasteiger partial charge in [0.2, 0.25) is 0 Å². The number of hydrogen-bond acceptors (Lipinski definition) is 8. The third-order valence-corrected chi connectivity index (χ3v) is 8.38. The molecular weight excluding hydrogens is 474 g/mol. The first kappa shape index (κ1) is 23.4. The molecule has 4 heterocycles. The summed E-state index contributed by atoms with van der Waals surface area (Å²) in [4.78, 5) is 27.4. The molecule has 9 heteroatoms. The van der Waals surface area contributed by atoms with E-state index in [-0.39, 0.29) is 17.9 Å².